The molecule has 1 rings (SSSR count). The largest absolute Gasteiger partial charge is 0.508 e. The first-order chi connectivity index (χ1) is 5.11. The van der Waals surface area contributed by atoms with E-state index >= 15 is 0 Å². The fourth-order valence-electron chi connectivity index (χ4n) is 0.880. The summed E-state index contributed by atoms with van der Waals surface area (Å²) < 4.78 is 0.935. The summed E-state index contributed by atoms with van der Waals surface area (Å²) in [5, 5.41) is 9.11. The number of phenols is 1. The smallest absolute Gasteiger partial charge is 0.115 e. The van der Waals surface area contributed by atoms with Crippen LogP contribution >= 0.6 is 15.9 Å². The molecule has 0 aliphatic carbocycles. The van der Waals surface area contributed by atoms with Crippen LogP contribution in [-0.2, 0) is 0 Å². The highest BCUT2D eigenvalue weighted by molar-refractivity contribution is 9.10. The normalized spacial score (nSPS) is 13.0. The van der Waals surface area contributed by atoms with Gasteiger partial charge in [0, 0.05) is 10.5 Å². The van der Waals surface area contributed by atoms with Crippen LogP contribution in [-0.4, -0.2) is 5.11 Å². The number of aromatic hydroxyl groups is 1. The molecule has 0 aliphatic heterocycles. The van der Waals surface area contributed by atoms with Crippen molar-refractivity contribution < 1.29 is 5.11 Å². The minimum atomic E-state index is -0.0588. The molecule has 3 N–H and O–H groups in total. The zero-order chi connectivity index (χ0) is 8.43. The maximum absolute atomic E-state index is 9.11. The molecule has 0 saturated carbocycles. The van der Waals surface area contributed by atoms with E-state index in [2.05, 4.69) is 15.9 Å². The molecule has 0 saturated heterocycles. The van der Waals surface area contributed by atoms with Crippen molar-refractivity contribution in [2.45, 2.75) is 13.0 Å². The number of nitrogens with two attached hydrogens (primary N) is 1. The zero-order valence-electron chi connectivity index (χ0n) is 6.21. The molecule has 60 valence electrons. The highest BCUT2D eigenvalue weighted by Crippen LogP contribution is 2.25. The first kappa shape index (κ1) is 8.56. The second-order valence-corrected chi connectivity index (χ2v) is 3.35. The minimum Gasteiger partial charge on any atom is -0.508 e. The van der Waals surface area contributed by atoms with Crippen molar-refractivity contribution in [3.63, 3.8) is 0 Å². The summed E-state index contributed by atoms with van der Waals surface area (Å²) in [6, 6.07) is 5.01. The van der Waals surface area contributed by atoms with Gasteiger partial charge in [0.1, 0.15) is 5.75 Å². The quantitative estimate of drug-likeness (QED) is 0.755. The van der Waals surface area contributed by atoms with Gasteiger partial charge in [0.2, 0.25) is 0 Å². The molecule has 0 bridgehead atoms. The van der Waals surface area contributed by atoms with Crippen LogP contribution in [0.1, 0.15) is 18.5 Å². The number of halogens is 1. The van der Waals surface area contributed by atoms with Crippen molar-refractivity contribution in [1.29, 1.82) is 0 Å². The Labute approximate surface area is 74.2 Å². The van der Waals surface area contributed by atoms with E-state index in [0.717, 1.165) is 10.0 Å². The van der Waals surface area contributed by atoms with Gasteiger partial charge in [0.05, 0.1) is 0 Å². The molecule has 0 spiro atoms. The van der Waals surface area contributed by atoms with Gasteiger partial charge >= 0.3 is 0 Å². The lowest BCUT2D eigenvalue weighted by molar-refractivity contribution is 0.473. The molecule has 0 heterocycles. The molecule has 3 heteroatoms. The predicted molar refractivity (Wildman–Crippen MR) is 48.4 cm³/mol. The zero-order valence-corrected chi connectivity index (χ0v) is 7.80. The third kappa shape index (κ3) is 1.94. The third-order valence-corrected chi connectivity index (χ3v) is 2.19. The maximum atomic E-state index is 9.11. The monoisotopic (exact) mass is 215 g/mol. The van der Waals surface area contributed by atoms with Crippen LogP contribution in [0.4, 0.5) is 0 Å². The maximum Gasteiger partial charge on any atom is 0.115 e. The summed E-state index contributed by atoms with van der Waals surface area (Å²) in [7, 11) is 0. The van der Waals surface area contributed by atoms with Crippen LogP contribution in [0.3, 0.4) is 0 Å². The van der Waals surface area contributed by atoms with E-state index in [0.29, 0.717) is 0 Å². The van der Waals surface area contributed by atoms with Gasteiger partial charge in [-0.15, -0.1) is 0 Å². The lowest BCUT2D eigenvalue weighted by Gasteiger charge is -2.07. The minimum absolute atomic E-state index is 0.0588. The number of benzene rings is 1. The summed E-state index contributed by atoms with van der Waals surface area (Å²) >= 11 is 3.34. The molecule has 0 radical (unpaired) electrons. The Bertz CT molecular complexity index is 260. The summed E-state index contributed by atoms with van der Waals surface area (Å²) in [5.41, 5.74) is 6.56. The molecule has 11 heavy (non-hydrogen) atoms. The van der Waals surface area contributed by atoms with E-state index in [1.165, 1.54) is 0 Å². The van der Waals surface area contributed by atoms with Gasteiger partial charge in [-0.05, 0) is 30.7 Å². The molecule has 0 aromatic heterocycles. The first-order valence-electron chi connectivity index (χ1n) is 3.35. The second kappa shape index (κ2) is 3.24. The predicted octanol–water partition coefficient (Wildman–Crippen LogP) is 2.17. The molecular weight excluding hydrogens is 206 g/mol. The van der Waals surface area contributed by atoms with E-state index in [1.807, 2.05) is 6.92 Å². The summed E-state index contributed by atoms with van der Waals surface area (Å²) in [6.07, 6.45) is 0. The van der Waals surface area contributed by atoms with Crippen molar-refractivity contribution in [1.82, 2.24) is 0 Å². The van der Waals surface area contributed by atoms with Gasteiger partial charge in [-0.2, -0.15) is 0 Å². The summed E-state index contributed by atoms with van der Waals surface area (Å²) in [6.45, 7) is 1.87. The number of hydrogen-bond acceptors (Lipinski definition) is 2. The average Bonchev–Trinajstić information content (AvgIpc) is 1.94. The molecule has 0 aliphatic rings. The Balaban J connectivity index is 3.13. The number of hydrogen-bond donors (Lipinski definition) is 2. The van der Waals surface area contributed by atoms with Gasteiger partial charge in [-0.1, -0.05) is 15.9 Å². The van der Waals surface area contributed by atoms with Gasteiger partial charge in [-0.25, -0.2) is 0 Å². The Morgan fingerprint density at radius 2 is 2.18 bits per heavy atom. The van der Waals surface area contributed by atoms with E-state index in [4.69, 9.17) is 10.8 Å². The van der Waals surface area contributed by atoms with Crippen molar-refractivity contribution in [2.75, 3.05) is 0 Å². The number of phenolic OH excluding ortho intramolecular Hbond substituents is 1. The summed E-state index contributed by atoms with van der Waals surface area (Å²) in [4.78, 5) is 0. The van der Waals surface area contributed by atoms with E-state index in [9.17, 15) is 0 Å². The lowest BCUT2D eigenvalue weighted by Crippen LogP contribution is -2.05. The van der Waals surface area contributed by atoms with Gasteiger partial charge in [0.15, 0.2) is 0 Å². The molecule has 0 unspecified atom stereocenters. The van der Waals surface area contributed by atoms with Crippen LogP contribution in [0.2, 0.25) is 0 Å². The van der Waals surface area contributed by atoms with Crippen molar-refractivity contribution in [3.05, 3.63) is 28.2 Å². The fourth-order valence-corrected chi connectivity index (χ4v) is 1.49. The molecule has 2 nitrogen and oxygen atoms in total. The van der Waals surface area contributed by atoms with Crippen molar-refractivity contribution in [2.24, 2.45) is 5.73 Å². The third-order valence-electron chi connectivity index (χ3n) is 1.47. The fraction of sp³-hybridized carbons (Fsp3) is 0.250. The molecule has 0 amide bonds. The molecular formula is C8H10BrNO. The lowest BCUT2D eigenvalue weighted by atomic mass is 10.1. The Morgan fingerprint density at radius 1 is 1.55 bits per heavy atom. The van der Waals surface area contributed by atoms with E-state index < -0.39 is 0 Å². The first-order valence-corrected chi connectivity index (χ1v) is 4.14. The SMILES string of the molecule is C[C@@H](N)c1cc(O)ccc1Br. The van der Waals surface area contributed by atoms with E-state index in [-0.39, 0.29) is 11.8 Å². The van der Waals surface area contributed by atoms with Crippen LogP contribution in [0.5, 0.6) is 5.75 Å². The highest BCUT2D eigenvalue weighted by atomic mass is 79.9. The Hall–Kier alpha value is -0.540. The van der Waals surface area contributed by atoms with Gasteiger partial charge in [-0.3, -0.25) is 0 Å². The molecule has 1 aromatic rings. The standard InChI is InChI=1S/C8H10BrNO/c1-5(10)7-4-6(11)2-3-8(7)9/h2-5,11H,10H2,1H3/t5-/m1/s1. The van der Waals surface area contributed by atoms with Gasteiger partial charge < -0.3 is 10.8 Å². The van der Waals surface area contributed by atoms with Crippen molar-refractivity contribution >= 4 is 15.9 Å². The topological polar surface area (TPSA) is 46.2 Å². The summed E-state index contributed by atoms with van der Waals surface area (Å²) in [5.74, 6) is 0.250. The molecule has 1 atom stereocenters. The molecule has 1 aromatic carbocycles. The number of rotatable bonds is 1. The average molecular weight is 216 g/mol. The van der Waals surface area contributed by atoms with Gasteiger partial charge in [0.25, 0.3) is 0 Å². The van der Waals surface area contributed by atoms with Crippen molar-refractivity contribution in [3.8, 4) is 5.75 Å². The second-order valence-electron chi connectivity index (χ2n) is 2.49. The highest BCUT2D eigenvalue weighted by Gasteiger charge is 2.04. The van der Waals surface area contributed by atoms with Crippen LogP contribution in [0, 0.1) is 0 Å². The van der Waals surface area contributed by atoms with Crippen LogP contribution in [0.15, 0.2) is 22.7 Å². The van der Waals surface area contributed by atoms with Crippen LogP contribution in [0.25, 0.3) is 0 Å². The Morgan fingerprint density at radius 3 is 2.64 bits per heavy atom. The van der Waals surface area contributed by atoms with Crippen LogP contribution < -0.4 is 5.73 Å². The van der Waals surface area contributed by atoms with E-state index in [1.54, 1.807) is 18.2 Å². The molecule has 0 fully saturated rings. The Kier molecular flexibility index (Phi) is 2.52.